The molecule has 0 aliphatic carbocycles. The summed E-state index contributed by atoms with van der Waals surface area (Å²) in [7, 11) is 0. The van der Waals surface area contributed by atoms with Crippen molar-refractivity contribution in [2.24, 2.45) is 5.18 Å². The maximum Gasteiger partial charge on any atom is 0.352 e. The van der Waals surface area contributed by atoms with Crippen molar-refractivity contribution in [3.05, 3.63) is 27.6 Å². The third-order valence-electron chi connectivity index (χ3n) is 3.35. The van der Waals surface area contributed by atoms with Crippen LogP contribution < -0.4 is 5.32 Å². The SMILES string of the molecule is CC1=C(C(=O)O)N2C(=O)[C@@H](NC(=O)C(N=O)=C(O)CBr)[C@H]2SC1. The Morgan fingerprint density at radius 3 is 2.65 bits per heavy atom. The molecule has 0 aromatic rings. The van der Waals surface area contributed by atoms with Crippen LogP contribution in [0.5, 0.6) is 0 Å². The van der Waals surface area contributed by atoms with Crippen LogP contribution in [0.15, 0.2) is 27.9 Å². The molecule has 0 radical (unpaired) electrons. The van der Waals surface area contributed by atoms with E-state index in [2.05, 4.69) is 26.4 Å². The van der Waals surface area contributed by atoms with E-state index in [1.807, 2.05) is 0 Å². The van der Waals surface area contributed by atoms with E-state index in [0.717, 1.165) is 4.90 Å². The number of aliphatic hydroxyl groups is 1. The molecule has 2 heterocycles. The highest BCUT2D eigenvalue weighted by atomic mass is 79.9. The first-order valence-electron chi connectivity index (χ1n) is 6.33. The number of rotatable bonds is 5. The van der Waals surface area contributed by atoms with Crippen LogP contribution in [0, 0.1) is 4.91 Å². The monoisotopic (exact) mass is 405 g/mol. The lowest BCUT2D eigenvalue weighted by atomic mass is 10.0. The summed E-state index contributed by atoms with van der Waals surface area (Å²) in [6, 6.07) is -0.977. The molecule has 0 saturated carbocycles. The number of β-lactam (4-membered cyclic amide) rings is 1. The number of thioether (sulfide) groups is 1. The van der Waals surface area contributed by atoms with Crippen LogP contribution >= 0.6 is 27.7 Å². The number of nitrogens with one attached hydrogen (secondary N) is 1. The summed E-state index contributed by atoms with van der Waals surface area (Å²) >= 11 is 4.18. The third kappa shape index (κ3) is 2.98. The highest BCUT2D eigenvalue weighted by Crippen LogP contribution is 2.40. The van der Waals surface area contributed by atoms with Gasteiger partial charge in [-0.05, 0) is 17.7 Å². The number of nitroso groups, excluding NO2 is 1. The van der Waals surface area contributed by atoms with Crippen LogP contribution in [-0.2, 0) is 14.4 Å². The molecule has 1 saturated heterocycles. The topological polar surface area (TPSA) is 136 Å². The Bertz CT molecular complexity index is 661. The zero-order valence-electron chi connectivity index (χ0n) is 11.8. The number of amides is 2. The molecule has 9 nitrogen and oxygen atoms in total. The van der Waals surface area contributed by atoms with Crippen molar-refractivity contribution in [3.8, 4) is 0 Å². The minimum Gasteiger partial charge on any atom is -0.509 e. The summed E-state index contributed by atoms with van der Waals surface area (Å²) in [6.45, 7) is 1.62. The smallest absolute Gasteiger partial charge is 0.352 e. The van der Waals surface area contributed by atoms with Crippen molar-refractivity contribution in [2.75, 3.05) is 11.1 Å². The van der Waals surface area contributed by atoms with Crippen LogP contribution in [0.1, 0.15) is 6.92 Å². The van der Waals surface area contributed by atoms with E-state index < -0.39 is 40.7 Å². The summed E-state index contributed by atoms with van der Waals surface area (Å²) in [4.78, 5) is 47.1. The Morgan fingerprint density at radius 1 is 1.48 bits per heavy atom. The summed E-state index contributed by atoms with van der Waals surface area (Å²) in [5.74, 6) is -2.93. The molecule has 2 rings (SSSR count). The zero-order chi connectivity index (χ0) is 17.3. The first kappa shape index (κ1) is 17.5. The average Bonchev–Trinajstić information content (AvgIpc) is 2.52. The van der Waals surface area contributed by atoms with Gasteiger partial charge in [-0.15, -0.1) is 16.7 Å². The van der Waals surface area contributed by atoms with Crippen LogP contribution in [-0.4, -0.2) is 55.4 Å². The first-order valence-corrected chi connectivity index (χ1v) is 8.50. The van der Waals surface area contributed by atoms with Crippen molar-refractivity contribution < 1.29 is 24.6 Å². The van der Waals surface area contributed by atoms with E-state index in [1.54, 1.807) is 6.92 Å². The van der Waals surface area contributed by atoms with Crippen LogP contribution in [0.4, 0.5) is 0 Å². The van der Waals surface area contributed by atoms with Crippen molar-refractivity contribution in [1.82, 2.24) is 10.2 Å². The highest BCUT2D eigenvalue weighted by molar-refractivity contribution is 9.09. The largest absolute Gasteiger partial charge is 0.509 e. The van der Waals surface area contributed by atoms with Crippen molar-refractivity contribution in [1.29, 1.82) is 0 Å². The minimum absolute atomic E-state index is 0.0863. The number of carboxylic acids is 1. The number of nitrogens with zero attached hydrogens (tertiary/aromatic N) is 2. The van der Waals surface area contributed by atoms with Crippen LogP contribution in [0.2, 0.25) is 0 Å². The molecule has 11 heteroatoms. The van der Waals surface area contributed by atoms with E-state index >= 15 is 0 Å². The number of carbonyl (C=O) groups is 3. The summed E-state index contributed by atoms with van der Waals surface area (Å²) in [6.07, 6.45) is 0. The molecule has 2 amide bonds. The Kier molecular flexibility index (Phi) is 5.09. The predicted molar refractivity (Wildman–Crippen MR) is 84.6 cm³/mol. The number of alkyl halides is 1. The maximum absolute atomic E-state index is 12.1. The van der Waals surface area contributed by atoms with Gasteiger partial charge in [-0.3, -0.25) is 14.5 Å². The number of halogens is 1. The molecule has 2 atom stereocenters. The quantitative estimate of drug-likeness (QED) is 0.201. The molecule has 124 valence electrons. The van der Waals surface area contributed by atoms with E-state index in [4.69, 9.17) is 0 Å². The normalized spacial score (nSPS) is 24.4. The summed E-state index contributed by atoms with van der Waals surface area (Å²) in [5, 5.41) is 22.7. The molecule has 0 bridgehead atoms. The van der Waals surface area contributed by atoms with Crippen molar-refractivity contribution in [3.63, 3.8) is 0 Å². The number of aliphatic hydroxyl groups excluding tert-OH is 1. The van der Waals surface area contributed by atoms with Crippen LogP contribution in [0.3, 0.4) is 0 Å². The molecule has 23 heavy (non-hydrogen) atoms. The minimum atomic E-state index is -1.21. The second kappa shape index (κ2) is 6.71. The first-order chi connectivity index (χ1) is 10.8. The van der Waals surface area contributed by atoms with Crippen LogP contribution in [0.25, 0.3) is 0 Å². The molecular formula is C12H12BrN3O6S. The molecule has 0 aromatic heterocycles. The van der Waals surface area contributed by atoms with Gasteiger partial charge >= 0.3 is 5.97 Å². The number of hydrogen-bond acceptors (Lipinski definition) is 7. The van der Waals surface area contributed by atoms with Gasteiger partial charge in [0.05, 0.1) is 5.33 Å². The molecule has 0 unspecified atom stereocenters. The fraction of sp³-hybridized carbons (Fsp3) is 0.417. The van der Waals surface area contributed by atoms with E-state index in [0.29, 0.717) is 11.3 Å². The third-order valence-corrected chi connectivity index (χ3v) is 5.31. The summed E-state index contributed by atoms with van der Waals surface area (Å²) in [5.41, 5.74) is -0.250. The number of aliphatic carboxylic acids is 1. The summed E-state index contributed by atoms with van der Waals surface area (Å²) < 4.78 is 0. The van der Waals surface area contributed by atoms with E-state index in [9.17, 15) is 29.5 Å². The Balaban J connectivity index is 2.18. The Morgan fingerprint density at radius 2 is 2.13 bits per heavy atom. The maximum atomic E-state index is 12.1. The van der Waals surface area contributed by atoms with Gasteiger partial charge in [0.2, 0.25) is 5.70 Å². The number of fused-ring (bicyclic) bond motifs is 1. The second-order valence-corrected chi connectivity index (χ2v) is 6.48. The van der Waals surface area contributed by atoms with Crippen molar-refractivity contribution >= 4 is 45.5 Å². The molecule has 0 spiro atoms. The van der Waals surface area contributed by atoms with Crippen molar-refractivity contribution in [2.45, 2.75) is 18.3 Å². The fourth-order valence-electron chi connectivity index (χ4n) is 2.27. The van der Waals surface area contributed by atoms with Gasteiger partial charge in [-0.25, -0.2) is 4.79 Å². The molecule has 3 N–H and O–H groups in total. The number of carboxylic acid groups (broad SMARTS) is 1. The standard InChI is InChI=1S/C12H12BrN3O6S/c1-4-3-23-11-7(10(19)16(11)8(4)12(20)21)14-9(18)6(15-22)5(17)2-13/h7,11,17H,2-3H2,1H3,(H,14,18)(H,20,21)/t7-,11-/m1/s1. The van der Waals surface area contributed by atoms with Gasteiger partial charge in [-0.1, -0.05) is 15.9 Å². The Labute approximate surface area is 142 Å². The van der Waals surface area contributed by atoms with Gasteiger partial charge in [0.15, 0.2) is 0 Å². The van der Waals surface area contributed by atoms with Gasteiger partial charge in [0.1, 0.15) is 22.9 Å². The zero-order valence-corrected chi connectivity index (χ0v) is 14.2. The second-order valence-electron chi connectivity index (χ2n) is 4.82. The van der Waals surface area contributed by atoms with E-state index in [-0.39, 0.29) is 11.0 Å². The lowest BCUT2D eigenvalue weighted by molar-refractivity contribution is -0.150. The lowest BCUT2D eigenvalue weighted by Gasteiger charge is -2.49. The molecule has 0 aromatic carbocycles. The van der Waals surface area contributed by atoms with Gasteiger partial charge < -0.3 is 15.5 Å². The van der Waals surface area contributed by atoms with Gasteiger partial charge in [0, 0.05) is 5.75 Å². The highest BCUT2D eigenvalue weighted by Gasteiger charge is 2.54. The fourth-order valence-corrected chi connectivity index (χ4v) is 3.83. The van der Waals surface area contributed by atoms with Gasteiger partial charge in [0.25, 0.3) is 11.8 Å². The molecular weight excluding hydrogens is 394 g/mol. The Hall–Kier alpha value is -1.88. The van der Waals surface area contributed by atoms with Gasteiger partial charge in [-0.2, -0.15) is 0 Å². The number of hydrogen-bond donors (Lipinski definition) is 3. The number of allylic oxidation sites excluding steroid dienone is 1. The average molecular weight is 406 g/mol. The molecule has 2 aliphatic rings. The van der Waals surface area contributed by atoms with E-state index in [1.165, 1.54) is 11.8 Å². The lowest BCUT2D eigenvalue weighted by Crippen LogP contribution is -2.70. The number of carbonyl (C=O) groups excluding carboxylic acids is 2. The predicted octanol–water partition coefficient (Wildman–Crippen LogP) is 0.676. The molecule has 2 aliphatic heterocycles. The molecule has 1 fully saturated rings.